The molecule has 3 nitrogen and oxygen atoms in total. The molecule has 0 aliphatic rings. The Morgan fingerprint density at radius 2 is 2.06 bits per heavy atom. The van der Waals surface area contributed by atoms with Crippen molar-refractivity contribution < 1.29 is 18.3 Å². The number of nitrogens with zero attached hydrogens (tertiary/aromatic N) is 2. The molecule has 0 radical (unpaired) electrons. The summed E-state index contributed by atoms with van der Waals surface area (Å²) < 4.78 is 37.6. The smallest absolute Gasteiger partial charge is 0.391 e. The number of rotatable bonds is 4. The summed E-state index contributed by atoms with van der Waals surface area (Å²) in [4.78, 5) is 0. The molecule has 1 unspecified atom stereocenters. The van der Waals surface area contributed by atoms with Crippen molar-refractivity contribution in [3.63, 3.8) is 0 Å². The molecule has 0 saturated carbocycles. The van der Waals surface area contributed by atoms with E-state index in [0.29, 0.717) is 22.8 Å². The molecule has 0 fully saturated rings. The predicted octanol–water partition coefficient (Wildman–Crippen LogP) is 2.49. The van der Waals surface area contributed by atoms with Gasteiger partial charge in [0.2, 0.25) is 0 Å². The molecule has 0 aliphatic heterocycles. The molecular weight excluding hydrogens is 257 g/mol. The molecule has 7 heteroatoms. The van der Waals surface area contributed by atoms with Crippen molar-refractivity contribution in [2.24, 2.45) is 7.05 Å². The van der Waals surface area contributed by atoms with Gasteiger partial charge in [0, 0.05) is 13.5 Å². The molecule has 98 valence electrons. The lowest BCUT2D eigenvalue weighted by Crippen LogP contribution is -2.22. The van der Waals surface area contributed by atoms with Gasteiger partial charge in [-0.3, -0.25) is 4.68 Å². The number of aliphatic hydroxyl groups is 1. The first kappa shape index (κ1) is 14.3. The van der Waals surface area contributed by atoms with Crippen LogP contribution in [0.4, 0.5) is 13.2 Å². The molecule has 0 spiro atoms. The molecule has 1 aromatic rings. The third-order valence-corrected chi connectivity index (χ3v) is 2.84. The molecule has 1 N–H and O–H groups in total. The van der Waals surface area contributed by atoms with Crippen molar-refractivity contribution >= 4 is 11.6 Å². The first-order valence-corrected chi connectivity index (χ1v) is 5.57. The quantitative estimate of drug-likeness (QED) is 0.913. The minimum Gasteiger partial charge on any atom is -0.392 e. The third-order valence-electron chi connectivity index (χ3n) is 2.40. The molecule has 0 aromatic carbocycles. The summed E-state index contributed by atoms with van der Waals surface area (Å²) in [5.41, 5.74) is 1.06. The molecule has 0 bridgehead atoms. The second-order valence-electron chi connectivity index (χ2n) is 3.86. The highest BCUT2D eigenvalue weighted by molar-refractivity contribution is 6.31. The maximum absolute atomic E-state index is 12.1. The Morgan fingerprint density at radius 1 is 1.47 bits per heavy atom. The van der Waals surface area contributed by atoms with E-state index in [1.54, 1.807) is 7.05 Å². The normalized spacial score (nSPS) is 14.1. The lowest BCUT2D eigenvalue weighted by atomic mass is 10.1. The van der Waals surface area contributed by atoms with E-state index in [2.05, 4.69) is 5.10 Å². The standard InChI is InChI=1S/C10H14ClF3N2O/c1-3-7-9(11)8(16(2)15-7)4-6(17)5-10(12,13)14/h6,17H,3-5H2,1-2H3. The number of hydrogen-bond acceptors (Lipinski definition) is 2. The van der Waals surface area contributed by atoms with Crippen molar-refractivity contribution in [1.82, 2.24) is 9.78 Å². The summed E-state index contributed by atoms with van der Waals surface area (Å²) in [6.07, 6.45) is -6.66. The molecule has 0 aliphatic carbocycles. The van der Waals surface area contributed by atoms with E-state index in [4.69, 9.17) is 11.6 Å². The van der Waals surface area contributed by atoms with Crippen LogP contribution < -0.4 is 0 Å². The minimum absolute atomic E-state index is 0.151. The van der Waals surface area contributed by atoms with Crippen LogP contribution in [0.1, 0.15) is 24.7 Å². The van der Waals surface area contributed by atoms with E-state index in [-0.39, 0.29) is 6.42 Å². The Labute approximate surface area is 102 Å². The van der Waals surface area contributed by atoms with E-state index >= 15 is 0 Å². The van der Waals surface area contributed by atoms with Gasteiger partial charge in [-0.05, 0) is 6.42 Å². The van der Waals surface area contributed by atoms with Gasteiger partial charge in [0.1, 0.15) is 0 Å². The maximum atomic E-state index is 12.1. The minimum atomic E-state index is -4.38. The highest BCUT2D eigenvalue weighted by atomic mass is 35.5. The first-order valence-electron chi connectivity index (χ1n) is 5.19. The topological polar surface area (TPSA) is 38.0 Å². The Morgan fingerprint density at radius 3 is 2.47 bits per heavy atom. The maximum Gasteiger partial charge on any atom is 0.391 e. The fraction of sp³-hybridized carbons (Fsp3) is 0.700. The monoisotopic (exact) mass is 270 g/mol. The van der Waals surface area contributed by atoms with Gasteiger partial charge in [0.05, 0.1) is 28.9 Å². The molecule has 17 heavy (non-hydrogen) atoms. The summed E-state index contributed by atoms with van der Waals surface area (Å²) in [7, 11) is 1.60. The van der Waals surface area contributed by atoms with Crippen LogP contribution in [-0.2, 0) is 19.9 Å². The van der Waals surface area contributed by atoms with Crippen LogP contribution in [0.5, 0.6) is 0 Å². The average molecular weight is 271 g/mol. The van der Waals surface area contributed by atoms with Crippen LogP contribution in [0.2, 0.25) is 5.02 Å². The lowest BCUT2D eigenvalue weighted by Gasteiger charge is -2.13. The van der Waals surface area contributed by atoms with Gasteiger partial charge < -0.3 is 5.11 Å². The average Bonchev–Trinajstić information content (AvgIpc) is 2.42. The number of aliphatic hydroxyl groups excluding tert-OH is 1. The first-order chi connectivity index (χ1) is 7.74. The van der Waals surface area contributed by atoms with Crippen LogP contribution in [0.3, 0.4) is 0 Å². The number of halogens is 4. The number of aryl methyl sites for hydroxylation is 2. The van der Waals surface area contributed by atoms with Gasteiger partial charge in [-0.15, -0.1) is 0 Å². The number of alkyl halides is 3. The molecule has 1 aromatic heterocycles. The summed E-state index contributed by atoms with van der Waals surface area (Å²) in [5, 5.41) is 13.8. The zero-order chi connectivity index (χ0) is 13.2. The van der Waals surface area contributed by atoms with E-state index in [1.807, 2.05) is 6.92 Å². The van der Waals surface area contributed by atoms with Gasteiger partial charge in [-0.25, -0.2) is 0 Å². The van der Waals surface area contributed by atoms with Crippen molar-refractivity contribution in [3.8, 4) is 0 Å². The van der Waals surface area contributed by atoms with Crippen molar-refractivity contribution in [2.45, 2.75) is 38.5 Å². The van der Waals surface area contributed by atoms with Gasteiger partial charge >= 0.3 is 6.18 Å². The van der Waals surface area contributed by atoms with Crippen LogP contribution in [0, 0.1) is 0 Å². The van der Waals surface area contributed by atoms with Crippen molar-refractivity contribution in [2.75, 3.05) is 0 Å². The molecule has 0 saturated heterocycles. The van der Waals surface area contributed by atoms with Crippen LogP contribution in [0.15, 0.2) is 0 Å². The summed E-state index contributed by atoms with van der Waals surface area (Å²) in [6, 6.07) is 0. The van der Waals surface area contributed by atoms with E-state index in [1.165, 1.54) is 4.68 Å². The molecule has 0 amide bonds. The second-order valence-corrected chi connectivity index (χ2v) is 4.24. The fourth-order valence-corrected chi connectivity index (χ4v) is 1.97. The summed E-state index contributed by atoms with van der Waals surface area (Å²) >= 11 is 5.97. The predicted molar refractivity (Wildman–Crippen MR) is 58.0 cm³/mol. The zero-order valence-electron chi connectivity index (χ0n) is 9.55. The number of aromatic nitrogens is 2. The summed E-state index contributed by atoms with van der Waals surface area (Å²) in [5.74, 6) is 0. The van der Waals surface area contributed by atoms with Crippen LogP contribution in [0.25, 0.3) is 0 Å². The molecule has 1 rings (SSSR count). The zero-order valence-corrected chi connectivity index (χ0v) is 10.3. The third kappa shape index (κ3) is 3.89. The largest absolute Gasteiger partial charge is 0.392 e. The van der Waals surface area contributed by atoms with E-state index in [0.717, 1.165) is 0 Å². The van der Waals surface area contributed by atoms with Gasteiger partial charge in [0.25, 0.3) is 0 Å². The Hall–Kier alpha value is -0.750. The van der Waals surface area contributed by atoms with Gasteiger partial charge in [0.15, 0.2) is 0 Å². The van der Waals surface area contributed by atoms with Gasteiger partial charge in [-0.1, -0.05) is 18.5 Å². The molecule has 1 atom stereocenters. The van der Waals surface area contributed by atoms with Crippen molar-refractivity contribution in [1.29, 1.82) is 0 Å². The van der Waals surface area contributed by atoms with Crippen LogP contribution in [-0.4, -0.2) is 27.2 Å². The fourth-order valence-electron chi connectivity index (χ4n) is 1.60. The Bertz CT molecular complexity index is 390. The second kappa shape index (κ2) is 5.27. The van der Waals surface area contributed by atoms with E-state index < -0.39 is 18.7 Å². The molecular formula is C10H14ClF3N2O. The van der Waals surface area contributed by atoms with Crippen molar-refractivity contribution in [3.05, 3.63) is 16.4 Å². The Balaban J connectivity index is 2.78. The number of hydrogen-bond donors (Lipinski definition) is 1. The highest BCUT2D eigenvalue weighted by Crippen LogP contribution is 2.26. The lowest BCUT2D eigenvalue weighted by molar-refractivity contribution is -0.153. The van der Waals surface area contributed by atoms with Crippen LogP contribution >= 0.6 is 11.6 Å². The highest BCUT2D eigenvalue weighted by Gasteiger charge is 2.32. The SMILES string of the molecule is CCc1nn(C)c(CC(O)CC(F)(F)F)c1Cl. The Kier molecular flexibility index (Phi) is 4.43. The molecule has 1 heterocycles. The van der Waals surface area contributed by atoms with Gasteiger partial charge in [-0.2, -0.15) is 18.3 Å². The van der Waals surface area contributed by atoms with E-state index in [9.17, 15) is 18.3 Å². The summed E-state index contributed by atoms with van der Waals surface area (Å²) in [6.45, 7) is 1.85.